The summed E-state index contributed by atoms with van der Waals surface area (Å²) in [5, 5.41) is 5.71. The topological polar surface area (TPSA) is 77.0 Å². The third-order valence-corrected chi connectivity index (χ3v) is 6.17. The Labute approximate surface area is 194 Å². The largest absolute Gasteiger partial charge is 0.414 e. The fourth-order valence-corrected chi connectivity index (χ4v) is 4.25. The quantitative estimate of drug-likeness (QED) is 0.650. The van der Waals surface area contributed by atoms with Crippen molar-refractivity contribution >= 4 is 35.0 Å². The third-order valence-electron chi connectivity index (χ3n) is 6.17. The van der Waals surface area contributed by atoms with Gasteiger partial charge in [-0.25, -0.2) is 9.38 Å². The number of halogens is 4. The van der Waals surface area contributed by atoms with Gasteiger partial charge in [-0.05, 0) is 37.7 Å². The summed E-state index contributed by atoms with van der Waals surface area (Å²) in [7, 11) is 1.96. The van der Waals surface area contributed by atoms with E-state index in [-0.39, 0.29) is 5.69 Å². The molecule has 1 aromatic rings. The summed E-state index contributed by atoms with van der Waals surface area (Å²) in [6.45, 7) is 3.80. The normalized spacial score (nSPS) is 21.9. The molecule has 0 bridgehead atoms. The van der Waals surface area contributed by atoms with Crippen LogP contribution in [0, 0.1) is 11.7 Å². The van der Waals surface area contributed by atoms with Crippen molar-refractivity contribution < 1.29 is 27.2 Å². The van der Waals surface area contributed by atoms with Gasteiger partial charge < -0.3 is 20.4 Å². The maximum atomic E-state index is 15.2. The molecule has 0 radical (unpaired) electrons. The molecule has 3 aliphatic rings. The number of dihydropyridines is 1. The Morgan fingerprint density at radius 3 is 2.59 bits per heavy atom. The molecule has 3 aliphatic heterocycles. The fraction of sp³-hybridized carbons (Fsp3) is 0.435. The van der Waals surface area contributed by atoms with Gasteiger partial charge >= 0.3 is 6.18 Å². The molecule has 34 heavy (non-hydrogen) atoms. The highest BCUT2D eigenvalue weighted by Gasteiger charge is 2.43. The van der Waals surface area contributed by atoms with Crippen molar-refractivity contribution in [1.29, 1.82) is 0 Å². The Kier molecular flexibility index (Phi) is 6.85. The Balaban J connectivity index is 1.70. The van der Waals surface area contributed by atoms with E-state index in [1.165, 1.54) is 12.1 Å². The van der Waals surface area contributed by atoms with E-state index < -0.39 is 35.3 Å². The van der Waals surface area contributed by atoms with Gasteiger partial charge in [-0.2, -0.15) is 13.2 Å². The number of anilines is 2. The summed E-state index contributed by atoms with van der Waals surface area (Å²) in [5.41, 5.74) is 0.400. The van der Waals surface area contributed by atoms with Gasteiger partial charge in [0.05, 0.1) is 16.9 Å². The Morgan fingerprint density at radius 2 is 1.94 bits per heavy atom. The molecule has 2 N–H and O–H groups in total. The van der Waals surface area contributed by atoms with Gasteiger partial charge in [-0.15, -0.1) is 0 Å². The maximum Gasteiger partial charge on any atom is 0.414 e. The van der Waals surface area contributed by atoms with Crippen molar-refractivity contribution in [3.8, 4) is 0 Å². The number of aliphatic imine (C=N–C) groups is 1. The standard InChI is InChI=1S/C23H25F4N5O2/c1-31-6-8-32(9-7-31)20-12-18(24)15(14-2-4-28-5-3-14)10-19(20)30-22(34)16-13-29-21(33)11-17(16)23(25,26)27/h2,10-13,16,28H,3-9H2,1H3,(H,30,34). The van der Waals surface area contributed by atoms with E-state index in [4.69, 9.17) is 0 Å². The molecule has 7 nitrogen and oxygen atoms in total. The number of nitrogens with zero attached hydrogens (tertiary/aromatic N) is 3. The van der Waals surface area contributed by atoms with Crippen LogP contribution in [-0.4, -0.2) is 75.4 Å². The summed E-state index contributed by atoms with van der Waals surface area (Å²) in [6.07, 6.45) is -1.40. The van der Waals surface area contributed by atoms with Crippen LogP contribution in [0.5, 0.6) is 0 Å². The number of alkyl halides is 3. The molecule has 1 unspecified atom stereocenters. The smallest absolute Gasteiger partial charge is 0.367 e. The van der Waals surface area contributed by atoms with Gasteiger partial charge in [0.2, 0.25) is 5.91 Å². The minimum Gasteiger partial charge on any atom is -0.367 e. The zero-order chi connectivity index (χ0) is 24.5. The predicted octanol–water partition coefficient (Wildman–Crippen LogP) is 2.61. The number of nitrogens with one attached hydrogen (secondary N) is 2. The lowest BCUT2D eigenvalue weighted by Gasteiger charge is -2.35. The average molecular weight is 479 g/mol. The van der Waals surface area contributed by atoms with Crippen LogP contribution in [0.2, 0.25) is 0 Å². The Morgan fingerprint density at radius 1 is 1.21 bits per heavy atom. The van der Waals surface area contributed by atoms with Gasteiger partial charge in [0.25, 0.3) is 5.91 Å². The molecular weight excluding hydrogens is 454 g/mol. The van der Waals surface area contributed by atoms with E-state index in [0.717, 1.165) is 5.57 Å². The lowest BCUT2D eigenvalue weighted by molar-refractivity contribution is -0.124. The monoisotopic (exact) mass is 479 g/mol. The predicted molar refractivity (Wildman–Crippen MR) is 121 cm³/mol. The number of likely N-dealkylation sites (N-methyl/N-ethyl adjacent to an activating group) is 1. The third kappa shape index (κ3) is 5.20. The van der Waals surface area contributed by atoms with Crippen molar-refractivity contribution in [1.82, 2.24) is 10.2 Å². The van der Waals surface area contributed by atoms with Crippen LogP contribution < -0.4 is 15.5 Å². The van der Waals surface area contributed by atoms with E-state index in [1.807, 2.05) is 18.0 Å². The SMILES string of the molecule is CN1CCN(c2cc(F)c(C3=CCNCC3)cc2NC(=O)C2C=NC(=O)C=C2C(F)(F)F)CC1. The molecule has 11 heteroatoms. The van der Waals surface area contributed by atoms with Gasteiger partial charge in [0.1, 0.15) is 11.7 Å². The second kappa shape index (κ2) is 9.67. The second-order valence-electron chi connectivity index (χ2n) is 8.50. The average Bonchev–Trinajstić information content (AvgIpc) is 2.80. The first-order valence-electron chi connectivity index (χ1n) is 11.0. The van der Waals surface area contributed by atoms with Crippen LogP contribution in [0.3, 0.4) is 0 Å². The number of hydrogen-bond acceptors (Lipinski definition) is 5. The van der Waals surface area contributed by atoms with Gasteiger partial charge in [-0.3, -0.25) is 9.59 Å². The zero-order valence-corrected chi connectivity index (χ0v) is 18.6. The number of carbonyl (C=O) groups is 2. The highest BCUT2D eigenvalue weighted by atomic mass is 19.4. The van der Waals surface area contributed by atoms with E-state index in [0.29, 0.717) is 69.2 Å². The minimum absolute atomic E-state index is 0.220. The molecule has 1 saturated heterocycles. The van der Waals surface area contributed by atoms with Crippen LogP contribution in [-0.2, 0) is 9.59 Å². The summed E-state index contributed by atoms with van der Waals surface area (Å²) in [4.78, 5) is 31.8. The highest BCUT2D eigenvalue weighted by Crippen LogP contribution is 2.37. The molecule has 1 aromatic carbocycles. The first kappa shape index (κ1) is 24.1. The Hall–Kier alpha value is -3.05. The van der Waals surface area contributed by atoms with Gasteiger partial charge in [-0.1, -0.05) is 6.08 Å². The van der Waals surface area contributed by atoms with Gasteiger partial charge in [0, 0.05) is 50.6 Å². The van der Waals surface area contributed by atoms with E-state index >= 15 is 4.39 Å². The lowest BCUT2D eigenvalue weighted by Crippen LogP contribution is -2.45. The summed E-state index contributed by atoms with van der Waals surface area (Å²) < 4.78 is 55.6. The van der Waals surface area contributed by atoms with Crippen LogP contribution in [0.1, 0.15) is 12.0 Å². The molecule has 182 valence electrons. The number of benzene rings is 1. The Bertz CT molecular complexity index is 1070. The fourth-order valence-electron chi connectivity index (χ4n) is 4.25. The number of hydrogen-bond donors (Lipinski definition) is 2. The number of amides is 2. The first-order chi connectivity index (χ1) is 16.1. The summed E-state index contributed by atoms with van der Waals surface area (Å²) in [5.74, 6) is -4.31. The second-order valence-corrected chi connectivity index (χ2v) is 8.50. The van der Waals surface area contributed by atoms with Crippen molar-refractivity contribution in [2.75, 3.05) is 56.5 Å². The maximum absolute atomic E-state index is 15.2. The molecule has 1 fully saturated rings. The lowest BCUT2D eigenvalue weighted by atomic mass is 9.95. The molecule has 0 aliphatic carbocycles. The van der Waals surface area contributed by atoms with Crippen molar-refractivity contribution in [2.24, 2.45) is 10.9 Å². The number of piperazine rings is 1. The van der Waals surface area contributed by atoms with Crippen LogP contribution in [0.15, 0.2) is 34.9 Å². The molecule has 0 aromatic heterocycles. The molecule has 2 amide bonds. The number of carbonyl (C=O) groups excluding carboxylic acids is 2. The van der Waals surface area contributed by atoms with Crippen molar-refractivity contribution in [3.63, 3.8) is 0 Å². The highest BCUT2D eigenvalue weighted by molar-refractivity contribution is 6.11. The van der Waals surface area contributed by atoms with Crippen molar-refractivity contribution in [3.05, 3.63) is 41.2 Å². The summed E-state index contributed by atoms with van der Waals surface area (Å²) >= 11 is 0. The number of rotatable bonds is 4. The van der Waals surface area contributed by atoms with Crippen LogP contribution >= 0.6 is 0 Å². The van der Waals surface area contributed by atoms with Crippen LogP contribution in [0.25, 0.3) is 5.57 Å². The van der Waals surface area contributed by atoms with E-state index in [9.17, 15) is 22.8 Å². The first-order valence-corrected chi connectivity index (χ1v) is 11.0. The molecular formula is C23H25F4N5O2. The molecule has 0 spiro atoms. The molecule has 1 atom stereocenters. The zero-order valence-electron chi connectivity index (χ0n) is 18.6. The molecule has 3 heterocycles. The summed E-state index contributed by atoms with van der Waals surface area (Å²) in [6, 6.07) is 2.82. The van der Waals surface area contributed by atoms with E-state index in [2.05, 4.69) is 20.5 Å². The molecule has 4 rings (SSSR count). The van der Waals surface area contributed by atoms with E-state index in [1.54, 1.807) is 0 Å². The minimum atomic E-state index is -4.88. The van der Waals surface area contributed by atoms with Crippen molar-refractivity contribution in [2.45, 2.75) is 12.6 Å². The molecule has 0 saturated carbocycles. The van der Waals surface area contributed by atoms with Crippen LogP contribution in [0.4, 0.5) is 28.9 Å². The van der Waals surface area contributed by atoms with Gasteiger partial charge in [0.15, 0.2) is 0 Å².